The number of nitrogens with zero attached hydrogens (tertiary/aromatic N) is 4. The van der Waals surface area contributed by atoms with Crippen molar-refractivity contribution < 1.29 is 4.74 Å². The lowest BCUT2D eigenvalue weighted by molar-refractivity contribution is 0.0767. The molecule has 5 heteroatoms. The Kier molecular flexibility index (Phi) is 4.31. The lowest BCUT2D eigenvalue weighted by atomic mass is 10.2. The van der Waals surface area contributed by atoms with Crippen LogP contribution in [-0.4, -0.2) is 22.9 Å². The largest absolute Gasteiger partial charge is 0.340 e. The van der Waals surface area contributed by atoms with Crippen LogP contribution in [0.2, 0.25) is 0 Å². The van der Waals surface area contributed by atoms with E-state index in [-0.39, 0.29) is 6.35 Å². The van der Waals surface area contributed by atoms with Gasteiger partial charge in [-0.3, -0.25) is 9.80 Å². The molecule has 2 aromatic carbocycles. The second-order valence-corrected chi connectivity index (χ2v) is 6.40. The molecular weight excluding hydrogens is 324 g/mol. The SMILES string of the molecule is CCOC1N(c2ccc(C)cc2)c2nccnc2N1c1ccc(C)cc1. The monoisotopic (exact) mass is 346 g/mol. The van der Waals surface area contributed by atoms with Gasteiger partial charge in [0, 0.05) is 30.4 Å². The first kappa shape index (κ1) is 16.5. The quantitative estimate of drug-likeness (QED) is 0.685. The molecule has 0 unspecified atom stereocenters. The van der Waals surface area contributed by atoms with Crippen molar-refractivity contribution in [3.05, 3.63) is 72.1 Å². The van der Waals surface area contributed by atoms with E-state index in [4.69, 9.17) is 4.74 Å². The number of aryl methyl sites for hydroxylation is 2. The Morgan fingerprint density at radius 3 is 1.58 bits per heavy atom. The van der Waals surface area contributed by atoms with E-state index in [0.29, 0.717) is 6.61 Å². The van der Waals surface area contributed by atoms with Crippen molar-refractivity contribution >= 4 is 23.0 Å². The molecule has 1 aliphatic heterocycles. The van der Waals surface area contributed by atoms with Crippen LogP contribution in [0.25, 0.3) is 0 Å². The van der Waals surface area contributed by atoms with Crippen LogP contribution < -0.4 is 9.80 Å². The maximum atomic E-state index is 6.15. The molecule has 0 fully saturated rings. The van der Waals surface area contributed by atoms with E-state index in [0.717, 1.165) is 23.0 Å². The van der Waals surface area contributed by atoms with Crippen molar-refractivity contribution in [2.24, 2.45) is 0 Å². The topological polar surface area (TPSA) is 41.5 Å². The van der Waals surface area contributed by atoms with Crippen LogP contribution in [0, 0.1) is 13.8 Å². The molecule has 0 amide bonds. The summed E-state index contributed by atoms with van der Waals surface area (Å²) >= 11 is 0. The van der Waals surface area contributed by atoms with E-state index in [9.17, 15) is 0 Å². The van der Waals surface area contributed by atoms with Gasteiger partial charge in [-0.1, -0.05) is 35.4 Å². The van der Waals surface area contributed by atoms with Gasteiger partial charge < -0.3 is 4.74 Å². The molecule has 1 aromatic heterocycles. The van der Waals surface area contributed by atoms with E-state index < -0.39 is 0 Å². The number of rotatable bonds is 4. The summed E-state index contributed by atoms with van der Waals surface area (Å²) in [5, 5.41) is 0. The zero-order valence-electron chi connectivity index (χ0n) is 15.3. The van der Waals surface area contributed by atoms with Crippen LogP contribution >= 0.6 is 0 Å². The summed E-state index contributed by atoms with van der Waals surface area (Å²) in [6.07, 6.45) is 3.12. The Morgan fingerprint density at radius 1 is 0.769 bits per heavy atom. The summed E-state index contributed by atoms with van der Waals surface area (Å²) < 4.78 is 6.15. The Balaban J connectivity index is 1.86. The van der Waals surface area contributed by atoms with Gasteiger partial charge in [0.05, 0.1) is 0 Å². The van der Waals surface area contributed by atoms with Gasteiger partial charge in [0.2, 0.25) is 6.35 Å². The molecule has 2 heterocycles. The van der Waals surface area contributed by atoms with Gasteiger partial charge in [-0.2, -0.15) is 0 Å². The number of benzene rings is 2. The lowest BCUT2D eigenvalue weighted by Gasteiger charge is -2.31. The molecule has 0 atom stereocenters. The number of hydrogen-bond donors (Lipinski definition) is 0. The van der Waals surface area contributed by atoms with Crippen molar-refractivity contribution in [1.29, 1.82) is 0 Å². The molecule has 26 heavy (non-hydrogen) atoms. The van der Waals surface area contributed by atoms with Gasteiger partial charge in [0.15, 0.2) is 11.6 Å². The fourth-order valence-electron chi connectivity index (χ4n) is 3.20. The third-order valence-electron chi connectivity index (χ3n) is 4.50. The van der Waals surface area contributed by atoms with E-state index in [2.05, 4.69) is 82.1 Å². The molecule has 132 valence electrons. The summed E-state index contributed by atoms with van der Waals surface area (Å²) in [5.74, 6) is 1.60. The Labute approximate surface area is 153 Å². The molecular formula is C21H22N4O. The van der Waals surface area contributed by atoms with Crippen LogP contribution in [-0.2, 0) is 4.74 Å². The maximum Gasteiger partial charge on any atom is 0.221 e. The minimum atomic E-state index is -0.331. The van der Waals surface area contributed by atoms with Crippen LogP contribution in [0.3, 0.4) is 0 Å². The first-order chi connectivity index (χ1) is 12.7. The van der Waals surface area contributed by atoms with Crippen molar-refractivity contribution in [2.45, 2.75) is 27.1 Å². The minimum Gasteiger partial charge on any atom is -0.340 e. The highest BCUT2D eigenvalue weighted by molar-refractivity contribution is 5.82. The third kappa shape index (κ3) is 2.80. The van der Waals surface area contributed by atoms with Crippen molar-refractivity contribution in [2.75, 3.05) is 16.4 Å². The predicted molar refractivity (Wildman–Crippen MR) is 104 cm³/mol. The van der Waals surface area contributed by atoms with Crippen LogP contribution in [0.4, 0.5) is 23.0 Å². The molecule has 0 bridgehead atoms. The predicted octanol–water partition coefficient (Wildman–Crippen LogP) is 4.70. The first-order valence-corrected chi connectivity index (χ1v) is 8.83. The van der Waals surface area contributed by atoms with E-state index >= 15 is 0 Å². The normalized spacial score (nSPS) is 14.0. The highest BCUT2D eigenvalue weighted by Crippen LogP contribution is 2.45. The zero-order chi connectivity index (χ0) is 18.1. The summed E-state index contributed by atoms with van der Waals surface area (Å²) in [7, 11) is 0. The maximum absolute atomic E-state index is 6.15. The molecule has 0 saturated heterocycles. The smallest absolute Gasteiger partial charge is 0.221 e. The molecule has 3 aromatic rings. The number of anilines is 4. The number of ether oxygens (including phenoxy) is 1. The highest BCUT2D eigenvalue weighted by Gasteiger charge is 2.40. The second kappa shape index (κ2) is 6.77. The Morgan fingerprint density at radius 2 is 1.19 bits per heavy atom. The minimum absolute atomic E-state index is 0.331. The fourth-order valence-corrected chi connectivity index (χ4v) is 3.20. The van der Waals surface area contributed by atoms with E-state index in [1.54, 1.807) is 12.4 Å². The first-order valence-electron chi connectivity index (χ1n) is 8.83. The fraction of sp³-hybridized carbons (Fsp3) is 0.238. The standard InChI is InChI=1S/C21H22N4O/c1-4-26-21-24(17-9-5-15(2)6-10-17)19-20(23-14-13-22-19)25(21)18-11-7-16(3)8-12-18/h5-14,21H,4H2,1-3H3. The number of hydrogen-bond acceptors (Lipinski definition) is 5. The zero-order valence-corrected chi connectivity index (χ0v) is 15.3. The molecule has 0 saturated carbocycles. The summed E-state index contributed by atoms with van der Waals surface area (Å²) in [4.78, 5) is 13.4. The van der Waals surface area contributed by atoms with Crippen LogP contribution in [0.1, 0.15) is 18.1 Å². The van der Waals surface area contributed by atoms with Crippen LogP contribution in [0.15, 0.2) is 60.9 Å². The average molecular weight is 346 g/mol. The molecule has 5 nitrogen and oxygen atoms in total. The molecule has 4 rings (SSSR count). The average Bonchev–Trinajstić information content (AvgIpc) is 2.98. The molecule has 0 radical (unpaired) electrons. The van der Waals surface area contributed by atoms with Gasteiger partial charge in [-0.05, 0) is 45.0 Å². The van der Waals surface area contributed by atoms with Crippen LogP contribution in [0.5, 0.6) is 0 Å². The van der Waals surface area contributed by atoms with Crippen molar-refractivity contribution in [3.63, 3.8) is 0 Å². The molecule has 0 aliphatic carbocycles. The summed E-state index contributed by atoms with van der Waals surface area (Å²) in [6, 6.07) is 16.8. The van der Waals surface area contributed by atoms with Gasteiger partial charge in [0.1, 0.15) is 0 Å². The molecule has 0 spiro atoms. The molecule has 1 aliphatic rings. The van der Waals surface area contributed by atoms with E-state index in [1.165, 1.54) is 11.1 Å². The number of fused-ring (bicyclic) bond motifs is 1. The highest BCUT2D eigenvalue weighted by atomic mass is 16.5. The van der Waals surface area contributed by atoms with E-state index in [1.807, 2.05) is 6.92 Å². The Hall–Kier alpha value is -2.92. The van der Waals surface area contributed by atoms with Gasteiger partial charge in [0.25, 0.3) is 0 Å². The summed E-state index contributed by atoms with van der Waals surface area (Å²) in [5.41, 5.74) is 4.50. The lowest BCUT2D eigenvalue weighted by Crippen LogP contribution is -2.40. The number of aromatic nitrogens is 2. The summed E-state index contributed by atoms with van der Waals surface area (Å²) in [6.45, 7) is 6.76. The van der Waals surface area contributed by atoms with Crippen molar-refractivity contribution in [1.82, 2.24) is 9.97 Å². The van der Waals surface area contributed by atoms with Gasteiger partial charge in [-0.25, -0.2) is 9.97 Å². The van der Waals surface area contributed by atoms with Gasteiger partial charge in [-0.15, -0.1) is 0 Å². The third-order valence-corrected chi connectivity index (χ3v) is 4.50. The second-order valence-electron chi connectivity index (χ2n) is 6.40. The van der Waals surface area contributed by atoms with Crippen molar-refractivity contribution in [3.8, 4) is 0 Å². The molecule has 0 N–H and O–H groups in total. The Bertz CT molecular complexity index is 820. The van der Waals surface area contributed by atoms with Gasteiger partial charge >= 0.3 is 0 Å².